The van der Waals surface area contributed by atoms with E-state index in [0.717, 1.165) is 27.6 Å². The van der Waals surface area contributed by atoms with Crippen LogP contribution in [0.25, 0.3) is 10.8 Å². The van der Waals surface area contributed by atoms with Gasteiger partial charge in [-0.3, -0.25) is 14.4 Å². The third-order valence-corrected chi connectivity index (χ3v) is 5.39. The predicted molar refractivity (Wildman–Crippen MR) is 120 cm³/mol. The zero-order chi connectivity index (χ0) is 22.0. The lowest BCUT2D eigenvalue weighted by molar-refractivity contribution is -0.151. The number of hydrogen-bond donors (Lipinski definition) is 1. The number of nitrogens with zero attached hydrogens (tertiary/aromatic N) is 1. The van der Waals surface area contributed by atoms with Gasteiger partial charge in [0.1, 0.15) is 0 Å². The molecular weight excluding hydrogens is 392 g/mol. The largest absolute Gasteiger partial charge is 0.455 e. The second kappa shape index (κ2) is 8.60. The van der Waals surface area contributed by atoms with Gasteiger partial charge in [-0.2, -0.15) is 0 Å². The van der Waals surface area contributed by atoms with Crippen LogP contribution in [-0.2, 0) is 19.1 Å². The number of amides is 2. The number of rotatable bonds is 5. The van der Waals surface area contributed by atoms with E-state index in [1.165, 1.54) is 0 Å². The number of carbonyl (C=O) groups is 3. The van der Waals surface area contributed by atoms with Crippen LogP contribution in [0.3, 0.4) is 0 Å². The molecule has 0 saturated carbocycles. The summed E-state index contributed by atoms with van der Waals surface area (Å²) in [5, 5.41) is 4.71. The number of benzene rings is 3. The molecule has 0 bridgehead atoms. The van der Waals surface area contributed by atoms with Crippen LogP contribution >= 0.6 is 0 Å². The van der Waals surface area contributed by atoms with E-state index in [-0.39, 0.29) is 18.9 Å². The lowest BCUT2D eigenvalue weighted by atomic mass is 10.1. The molecule has 0 aliphatic carbocycles. The van der Waals surface area contributed by atoms with E-state index in [9.17, 15) is 14.4 Å². The van der Waals surface area contributed by atoms with Crippen LogP contribution in [0.2, 0.25) is 0 Å². The van der Waals surface area contributed by atoms with Crippen LogP contribution in [0.15, 0.2) is 60.7 Å². The van der Waals surface area contributed by atoms with Crippen LogP contribution in [-0.4, -0.2) is 30.9 Å². The molecular formula is C25H24N2O4. The number of nitrogens with one attached hydrogen (secondary N) is 1. The Bertz CT molecular complexity index is 1150. The molecule has 4 rings (SSSR count). The first kappa shape index (κ1) is 20.6. The fourth-order valence-corrected chi connectivity index (χ4v) is 4.00. The second-order valence-corrected chi connectivity index (χ2v) is 7.93. The molecule has 31 heavy (non-hydrogen) atoms. The molecule has 0 aromatic heterocycles. The smallest absolute Gasteiger partial charge is 0.311 e. The number of fused-ring (bicyclic) bond motifs is 1. The molecule has 1 N–H and O–H groups in total. The monoisotopic (exact) mass is 416 g/mol. The molecule has 6 nitrogen and oxygen atoms in total. The summed E-state index contributed by atoms with van der Waals surface area (Å²) in [6.07, 6.45) is 0.0801. The van der Waals surface area contributed by atoms with Crippen LogP contribution in [0.5, 0.6) is 0 Å². The Hall–Kier alpha value is -3.67. The van der Waals surface area contributed by atoms with Crippen molar-refractivity contribution in [2.24, 2.45) is 5.92 Å². The van der Waals surface area contributed by atoms with Gasteiger partial charge >= 0.3 is 5.97 Å². The zero-order valence-corrected chi connectivity index (χ0v) is 17.6. The van der Waals surface area contributed by atoms with Crippen LogP contribution < -0.4 is 10.2 Å². The predicted octanol–water partition coefficient (Wildman–Crippen LogP) is 3.99. The Balaban J connectivity index is 1.35. The molecule has 3 aromatic carbocycles. The number of esters is 1. The van der Waals surface area contributed by atoms with E-state index >= 15 is 0 Å². The molecule has 1 fully saturated rings. The van der Waals surface area contributed by atoms with Crippen molar-refractivity contribution in [1.82, 2.24) is 0 Å². The first-order valence-corrected chi connectivity index (χ1v) is 10.2. The van der Waals surface area contributed by atoms with Crippen molar-refractivity contribution in [3.63, 3.8) is 0 Å². The third-order valence-electron chi connectivity index (χ3n) is 5.39. The molecule has 3 aromatic rings. The van der Waals surface area contributed by atoms with Gasteiger partial charge in [-0.25, -0.2) is 0 Å². The quantitative estimate of drug-likeness (QED) is 0.638. The van der Waals surface area contributed by atoms with Gasteiger partial charge in [0, 0.05) is 29.7 Å². The van der Waals surface area contributed by atoms with E-state index < -0.39 is 24.4 Å². The van der Waals surface area contributed by atoms with Crippen LogP contribution in [0.4, 0.5) is 11.4 Å². The number of aryl methyl sites for hydroxylation is 2. The highest BCUT2D eigenvalue weighted by Gasteiger charge is 2.36. The van der Waals surface area contributed by atoms with Crippen molar-refractivity contribution in [3.8, 4) is 0 Å². The molecule has 0 radical (unpaired) electrons. The SMILES string of the molecule is Cc1cc(C)cc(N2C[C@H](C(=O)OCC(=O)Nc3cccc4ccccc34)CC2=O)c1. The minimum atomic E-state index is -0.585. The van der Waals surface area contributed by atoms with E-state index in [1.807, 2.05) is 68.4 Å². The van der Waals surface area contributed by atoms with E-state index in [4.69, 9.17) is 4.74 Å². The summed E-state index contributed by atoms with van der Waals surface area (Å²) in [5.74, 6) is -1.65. The average Bonchev–Trinajstić information content (AvgIpc) is 3.13. The maximum atomic E-state index is 12.5. The Morgan fingerprint density at radius 3 is 2.52 bits per heavy atom. The summed E-state index contributed by atoms with van der Waals surface area (Å²) < 4.78 is 5.22. The van der Waals surface area contributed by atoms with Gasteiger partial charge in [0.15, 0.2) is 6.61 Å². The molecule has 158 valence electrons. The topological polar surface area (TPSA) is 75.7 Å². The van der Waals surface area contributed by atoms with Crippen molar-refractivity contribution < 1.29 is 19.1 Å². The van der Waals surface area contributed by atoms with Crippen molar-refractivity contribution in [2.75, 3.05) is 23.4 Å². The zero-order valence-electron chi connectivity index (χ0n) is 17.6. The fourth-order valence-electron chi connectivity index (χ4n) is 4.00. The summed E-state index contributed by atoms with van der Waals surface area (Å²) in [7, 11) is 0. The van der Waals surface area contributed by atoms with Crippen molar-refractivity contribution in [1.29, 1.82) is 0 Å². The summed E-state index contributed by atoms with van der Waals surface area (Å²) >= 11 is 0. The summed E-state index contributed by atoms with van der Waals surface area (Å²) in [5.41, 5.74) is 3.56. The van der Waals surface area contributed by atoms with Gasteiger partial charge in [0.25, 0.3) is 5.91 Å². The van der Waals surface area contributed by atoms with Crippen molar-refractivity contribution in [2.45, 2.75) is 20.3 Å². The highest BCUT2D eigenvalue weighted by atomic mass is 16.5. The number of ether oxygens (including phenoxy) is 1. The highest BCUT2D eigenvalue weighted by Crippen LogP contribution is 2.28. The summed E-state index contributed by atoms with van der Waals surface area (Å²) in [4.78, 5) is 38.9. The molecule has 2 amide bonds. The third kappa shape index (κ3) is 4.58. The molecule has 1 heterocycles. The van der Waals surface area contributed by atoms with Crippen molar-refractivity contribution in [3.05, 3.63) is 71.8 Å². The Labute approximate surface area is 180 Å². The molecule has 0 unspecified atom stereocenters. The normalized spacial score (nSPS) is 15.9. The molecule has 1 saturated heterocycles. The second-order valence-electron chi connectivity index (χ2n) is 7.93. The number of carbonyl (C=O) groups excluding carboxylic acids is 3. The molecule has 6 heteroatoms. The van der Waals surface area contributed by atoms with Crippen LogP contribution in [0, 0.1) is 19.8 Å². The van der Waals surface area contributed by atoms with Gasteiger partial charge in [-0.1, -0.05) is 42.5 Å². The van der Waals surface area contributed by atoms with E-state index in [1.54, 1.807) is 11.0 Å². The fraction of sp³-hybridized carbons (Fsp3) is 0.240. The molecule has 1 aliphatic rings. The van der Waals surface area contributed by atoms with E-state index in [2.05, 4.69) is 5.32 Å². The minimum absolute atomic E-state index is 0.0801. The average molecular weight is 416 g/mol. The van der Waals surface area contributed by atoms with Gasteiger partial charge in [0.05, 0.1) is 5.92 Å². The number of hydrogen-bond acceptors (Lipinski definition) is 4. The number of anilines is 2. The Morgan fingerprint density at radius 2 is 1.74 bits per heavy atom. The summed E-state index contributed by atoms with van der Waals surface area (Å²) in [6.45, 7) is 3.80. The van der Waals surface area contributed by atoms with Gasteiger partial charge < -0.3 is 15.0 Å². The van der Waals surface area contributed by atoms with Crippen molar-refractivity contribution >= 4 is 39.9 Å². The van der Waals surface area contributed by atoms with Gasteiger partial charge in [-0.05, 0) is 48.6 Å². The van der Waals surface area contributed by atoms with Gasteiger partial charge in [-0.15, -0.1) is 0 Å². The van der Waals surface area contributed by atoms with E-state index in [0.29, 0.717) is 5.69 Å². The first-order chi connectivity index (χ1) is 14.9. The maximum absolute atomic E-state index is 12.5. The Morgan fingerprint density at radius 1 is 1.03 bits per heavy atom. The maximum Gasteiger partial charge on any atom is 0.311 e. The van der Waals surface area contributed by atoms with Gasteiger partial charge in [0.2, 0.25) is 5.91 Å². The molecule has 1 aliphatic heterocycles. The summed E-state index contributed by atoms with van der Waals surface area (Å²) in [6, 6.07) is 19.2. The van der Waals surface area contributed by atoms with Crippen LogP contribution in [0.1, 0.15) is 17.5 Å². The molecule has 0 spiro atoms. The first-order valence-electron chi connectivity index (χ1n) is 10.2. The highest BCUT2D eigenvalue weighted by molar-refractivity contribution is 6.03. The Kier molecular flexibility index (Phi) is 5.71. The lowest BCUT2D eigenvalue weighted by Crippen LogP contribution is -2.28. The lowest BCUT2D eigenvalue weighted by Gasteiger charge is -2.18. The molecule has 1 atom stereocenters. The minimum Gasteiger partial charge on any atom is -0.455 e. The standard InChI is InChI=1S/C25H24N2O4/c1-16-10-17(2)12-20(11-16)27-14-19(13-24(27)29)25(30)31-15-23(28)26-22-9-5-7-18-6-3-4-8-21(18)22/h3-12,19H,13-15H2,1-2H3,(H,26,28)/t19-/m1/s1.